The molecule has 0 aliphatic heterocycles. The zero-order valence-electron chi connectivity index (χ0n) is 15.6. The van der Waals surface area contributed by atoms with Gasteiger partial charge in [0.05, 0.1) is 0 Å². The highest BCUT2D eigenvalue weighted by molar-refractivity contribution is 5.77. The smallest absolute Gasteiger partial charge is 0.00132 e. The molecule has 1 aliphatic rings. The molecule has 2 aromatic carbocycles. The predicted molar refractivity (Wildman–Crippen MR) is 101 cm³/mol. The second-order valence-electron chi connectivity index (χ2n) is 8.40. The molecular formula is C23H30. The van der Waals surface area contributed by atoms with Crippen molar-refractivity contribution in [2.24, 2.45) is 0 Å². The van der Waals surface area contributed by atoms with E-state index >= 15 is 0 Å². The van der Waals surface area contributed by atoms with Gasteiger partial charge in [-0.25, -0.2) is 0 Å². The molecule has 0 amide bonds. The van der Waals surface area contributed by atoms with E-state index < -0.39 is 0 Å². The van der Waals surface area contributed by atoms with Gasteiger partial charge in [-0.15, -0.1) is 0 Å². The van der Waals surface area contributed by atoms with Crippen molar-refractivity contribution in [1.29, 1.82) is 0 Å². The van der Waals surface area contributed by atoms with Gasteiger partial charge in [0.2, 0.25) is 0 Å². The van der Waals surface area contributed by atoms with Crippen LogP contribution in [0.5, 0.6) is 0 Å². The van der Waals surface area contributed by atoms with Crippen molar-refractivity contribution < 1.29 is 0 Å². The fraction of sp³-hybridized carbons (Fsp3) is 0.478. The maximum absolute atomic E-state index is 2.45. The highest BCUT2D eigenvalue weighted by Crippen LogP contribution is 2.41. The Morgan fingerprint density at radius 3 is 1.43 bits per heavy atom. The first-order chi connectivity index (χ1) is 10.8. The van der Waals surface area contributed by atoms with Gasteiger partial charge in [-0.2, -0.15) is 0 Å². The Hall–Kier alpha value is -1.56. The largest absolute Gasteiger partial charge is 0.0646 e. The van der Waals surface area contributed by atoms with Crippen molar-refractivity contribution in [3.63, 3.8) is 0 Å². The zero-order valence-corrected chi connectivity index (χ0v) is 15.6. The summed E-state index contributed by atoms with van der Waals surface area (Å²) < 4.78 is 0. The Kier molecular flexibility index (Phi) is 3.91. The third-order valence-corrected chi connectivity index (χ3v) is 6.21. The third-order valence-electron chi connectivity index (χ3n) is 6.21. The molecule has 0 spiro atoms. The minimum Gasteiger partial charge on any atom is -0.0646 e. The summed E-state index contributed by atoms with van der Waals surface area (Å²) in [5.74, 6) is 0. The van der Waals surface area contributed by atoms with Crippen molar-refractivity contribution in [2.75, 3.05) is 0 Å². The quantitative estimate of drug-likeness (QED) is 0.507. The summed E-state index contributed by atoms with van der Waals surface area (Å²) in [6, 6.07) is 14.3. The summed E-state index contributed by atoms with van der Waals surface area (Å²) in [6.45, 7) is 13.9. The normalized spacial score (nSPS) is 13.8. The van der Waals surface area contributed by atoms with Gasteiger partial charge in [0.1, 0.15) is 0 Å². The molecule has 0 bridgehead atoms. The lowest BCUT2D eigenvalue weighted by Crippen LogP contribution is -2.15. The van der Waals surface area contributed by atoms with Crippen molar-refractivity contribution in [3.8, 4) is 11.1 Å². The minimum atomic E-state index is 0.263. The molecular weight excluding hydrogens is 276 g/mol. The van der Waals surface area contributed by atoms with Gasteiger partial charge in [-0.1, -0.05) is 77.9 Å². The topological polar surface area (TPSA) is 0 Å². The number of hydrogen-bond acceptors (Lipinski definition) is 0. The van der Waals surface area contributed by atoms with Crippen LogP contribution in [0.3, 0.4) is 0 Å². The lowest BCUT2D eigenvalue weighted by Gasteiger charge is -2.24. The monoisotopic (exact) mass is 306 g/mol. The summed E-state index contributed by atoms with van der Waals surface area (Å²) in [4.78, 5) is 0. The first-order valence-corrected chi connectivity index (χ1v) is 9.05. The molecule has 0 heteroatoms. The van der Waals surface area contributed by atoms with Gasteiger partial charge in [-0.05, 0) is 63.5 Å². The Labute approximate surface area is 141 Å². The van der Waals surface area contributed by atoms with Crippen LogP contribution in [-0.4, -0.2) is 0 Å². The molecule has 0 saturated heterocycles. The molecule has 0 unspecified atom stereocenters. The van der Waals surface area contributed by atoms with Crippen LogP contribution in [0.25, 0.3) is 11.1 Å². The van der Waals surface area contributed by atoms with Crippen LogP contribution < -0.4 is 0 Å². The molecule has 0 saturated carbocycles. The van der Waals surface area contributed by atoms with E-state index in [4.69, 9.17) is 0 Å². The molecule has 1 aliphatic carbocycles. The Balaban J connectivity index is 2.01. The zero-order chi connectivity index (χ0) is 16.8. The van der Waals surface area contributed by atoms with Crippen LogP contribution in [0.15, 0.2) is 36.4 Å². The summed E-state index contributed by atoms with van der Waals surface area (Å²) >= 11 is 0. The van der Waals surface area contributed by atoms with Gasteiger partial charge in [0.25, 0.3) is 0 Å². The second kappa shape index (κ2) is 5.51. The van der Waals surface area contributed by atoms with Crippen LogP contribution >= 0.6 is 0 Å². The number of benzene rings is 2. The Morgan fingerprint density at radius 2 is 1.09 bits per heavy atom. The van der Waals surface area contributed by atoms with Gasteiger partial charge < -0.3 is 0 Å². The highest BCUT2D eigenvalue weighted by atomic mass is 14.3. The van der Waals surface area contributed by atoms with Gasteiger partial charge in [0.15, 0.2) is 0 Å². The van der Waals surface area contributed by atoms with Crippen LogP contribution in [-0.2, 0) is 17.3 Å². The number of hydrogen-bond donors (Lipinski definition) is 0. The van der Waals surface area contributed by atoms with E-state index in [1.54, 1.807) is 0 Å². The number of fused-ring (bicyclic) bond motifs is 3. The molecule has 0 radical (unpaired) electrons. The first kappa shape index (κ1) is 16.3. The van der Waals surface area contributed by atoms with Gasteiger partial charge in [0, 0.05) is 0 Å². The molecule has 23 heavy (non-hydrogen) atoms. The highest BCUT2D eigenvalue weighted by Gasteiger charge is 2.25. The third kappa shape index (κ3) is 2.73. The summed E-state index contributed by atoms with van der Waals surface area (Å²) in [7, 11) is 0. The summed E-state index contributed by atoms with van der Waals surface area (Å²) in [6.07, 6.45) is 3.44. The van der Waals surface area contributed by atoms with E-state index in [0.717, 1.165) is 6.42 Å². The maximum atomic E-state index is 2.45. The van der Waals surface area contributed by atoms with Crippen LogP contribution in [0.2, 0.25) is 0 Å². The number of rotatable bonds is 4. The molecule has 0 fully saturated rings. The first-order valence-electron chi connectivity index (χ1n) is 9.05. The SMILES string of the molecule is CCC(C)(C)c1ccc2c(c1)Cc1cc(C(C)(C)CC)ccc1-2. The average Bonchev–Trinajstić information content (AvgIpc) is 2.91. The molecule has 0 atom stereocenters. The molecule has 3 rings (SSSR count). The molecule has 0 N–H and O–H groups in total. The minimum absolute atomic E-state index is 0.263. The predicted octanol–water partition coefficient (Wildman–Crippen LogP) is 6.63. The van der Waals surface area contributed by atoms with Crippen LogP contribution in [0.1, 0.15) is 76.6 Å². The second-order valence-corrected chi connectivity index (χ2v) is 8.40. The Morgan fingerprint density at radius 1 is 0.696 bits per heavy atom. The van der Waals surface area contributed by atoms with Crippen molar-refractivity contribution >= 4 is 0 Å². The average molecular weight is 306 g/mol. The Bertz CT molecular complexity index is 668. The van der Waals surface area contributed by atoms with Crippen molar-refractivity contribution in [3.05, 3.63) is 58.7 Å². The van der Waals surface area contributed by atoms with Gasteiger partial charge >= 0.3 is 0 Å². The molecule has 0 heterocycles. The maximum Gasteiger partial charge on any atom is -0.00132 e. The van der Waals surface area contributed by atoms with E-state index in [2.05, 4.69) is 77.9 Å². The lowest BCUT2D eigenvalue weighted by atomic mass is 9.81. The molecule has 0 aromatic heterocycles. The van der Waals surface area contributed by atoms with E-state index in [0.29, 0.717) is 0 Å². The molecule has 0 nitrogen and oxygen atoms in total. The molecule has 122 valence electrons. The van der Waals surface area contributed by atoms with E-state index in [9.17, 15) is 0 Å². The van der Waals surface area contributed by atoms with E-state index in [-0.39, 0.29) is 10.8 Å². The standard InChI is InChI=1S/C23H30/c1-7-22(3,4)18-9-11-20-16(14-18)13-17-15-19(10-12-21(17)20)23(5,6)8-2/h9-12,14-15H,7-8,13H2,1-6H3. The van der Waals surface area contributed by atoms with E-state index in [1.165, 1.54) is 46.2 Å². The van der Waals surface area contributed by atoms with E-state index in [1.807, 2.05) is 0 Å². The fourth-order valence-electron chi connectivity index (χ4n) is 3.46. The van der Waals surface area contributed by atoms with Crippen molar-refractivity contribution in [1.82, 2.24) is 0 Å². The van der Waals surface area contributed by atoms with Crippen LogP contribution in [0.4, 0.5) is 0 Å². The summed E-state index contributed by atoms with van der Waals surface area (Å²) in [5.41, 5.74) is 9.36. The van der Waals surface area contributed by atoms with Gasteiger partial charge in [-0.3, -0.25) is 0 Å². The fourth-order valence-corrected chi connectivity index (χ4v) is 3.46. The molecule has 2 aromatic rings. The van der Waals surface area contributed by atoms with Crippen molar-refractivity contribution in [2.45, 2.75) is 71.6 Å². The lowest BCUT2D eigenvalue weighted by molar-refractivity contribution is 0.506. The summed E-state index contributed by atoms with van der Waals surface area (Å²) in [5, 5.41) is 0. The van der Waals surface area contributed by atoms with Crippen LogP contribution in [0, 0.1) is 0 Å².